The highest BCUT2D eigenvalue weighted by Gasteiger charge is 2.36. The Morgan fingerprint density at radius 1 is 1.35 bits per heavy atom. The maximum absolute atomic E-state index is 12.5. The molecule has 1 amide bonds. The van der Waals surface area contributed by atoms with Gasteiger partial charge in [-0.3, -0.25) is 14.3 Å². The zero-order valence-corrected chi connectivity index (χ0v) is 10.9. The SMILES string of the molecule is Cn1cc(C(=O)N2C[C@H](C(=O)O)c3ccccc32)cn1. The van der Waals surface area contributed by atoms with Gasteiger partial charge >= 0.3 is 5.97 Å². The Balaban J connectivity index is 2.00. The van der Waals surface area contributed by atoms with Crippen molar-refractivity contribution in [2.75, 3.05) is 11.4 Å². The number of benzene rings is 1. The van der Waals surface area contributed by atoms with Gasteiger partial charge in [0.2, 0.25) is 0 Å². The number of carboxylic acids is 1. The van der Waals surface area contributed by atoms with E-state index in [4.69, 9.17) is 0 Å². The third-order valence-electron chi connectivity index (χ3n) is 3.46. The average molecular weight is 271 g/mol. The highest BCUT2D eigenvalue weighted by Crippen LogP contribution is 2.36. The van der Waals surface area contributed by atoms with E-state index in [-0.39, 0.29) is 12.5 Å². The minimum absolute atomic E-state index is 0.155. The van der Waals surface area contributed by atoms with Crippen molar-refractivity contribution in [2.24, 2.45) is 7.05 Å². The van der Waals surface area contributed by atoms with Crippen LogP contribution >= 0.6 is 0 Å². The van der Waals surface area contributed by atoms with Gasteiger partial charge in [0, 0.05) is 25.5 Å². The van der Waals surface area contributed by atoms with Gasteiger partial charge in [0.05, 0.1) is 11.8 Å². The van der Waals surface area contributed by atoms with Crippen molar-refractivity contribution in [2.45, 2.75) is 5.92 Å². The van der Waals surface area contributed by atoms with Crippen LogP contribution in [0.1, 0.15) is 21.8 Å². The molecule has 0 bridgehead atoms. The minimum Gasteiger partial charge on any atom is -0.481 e. The lowest BCUT2D eigenvalue weighted by molar-refractivity contribution is -0.138. The van der Waals surface area contributed by atoms with E-state index < -0.39 is 11.9 Å². The van der Waals surface area contributed by atoms with Crippen LogP contribution in [0.2, 0.25) is 0 Å². The van der Waals surface area contributed by atoms with Crippen molar-refractivity contribution in [3.05, 3.63) is 47.8 Å². The number of rotatable bonds is 2. The first-order chi connectivity index (χ1) is 9.58. The van der Waals surface area contributed by atoms with E-state index >= 15 is 0 Å². The number of carboxylic acid groups (broad SMARTS) is 1. The van der Waals surface area contributed by atoms with E-state index in [9.17, 15) is 14.7 Å². The molecule has 0 saturated heterocycles. The van der Waals surface area contributed by atoms with E-state index in [0.717, 1.165) is 0 Å². The van der Waals surface area contributed by atoms with Gasteiger partial charge in [-0.05, 0) is 11.6 Å². The molecular weight excluding hydrogens is 258 g/mol. The van der Waals surface area contributed by atoms with Crippen LogP contribution in [0.5, 0.6) is 0 Å². The van der Waals surface area contributed by atoms with Crippen LogP contribution in [0.4, 0.5) is 5.69 Å². The summed E-state index contributed by atoms with van der Waals surface area (Å²) >= 11 is 0. The quantitative estimate of drug-likeness (QED) is 0.892. The number of anilines is 1. The van der Waals surface area contributed by atoms with Crippen LogP contribution in [0, 0.1) is 0 Å². The van der Waals surface area contributed by atoms with Gasteiger partial charge in [0.15, 0.2) is 0 Å². The van der Waals surface area contributed by atoms with E-state index in [1.54, 1.807) is 42.2 Å². The predicted octanol–water partition coefficient (Wildman–Crippen LogP) is 1.25. The zero-order valence-electron chi connectivity index (χ0n) is 10.9. The van der Waals surface area contributed by atoms with Gasteiger partial charge < -0.3 is 10.0 Å². The van der Waals surface area contributed by atoms with E-state index in [1.807, 2.05) is 0 Å². The zero-order chi connectivity index (χ0) is 14.3. The number of hydrogen-bond acceptors (Lipinski definition) is 3. The second-order valence-electron chi connectivity index (χ2n) is 4.77. The molecule has 102 valence electrons. The van der Waals surface area contributed by atoms with Gasteiger partial charge in [-0.25, -0.2) is 0 Å². The molecule has 2 heterocycles. The third kappa shape index (κ3) is 1.85. The molecule has 1 aromatic heterocycles. The van der Waals surface area contributed by atoms with Crippen LogP contribution in [-0.4, -0.2) is 33.3 Å². The van der Waals surface area contributed by atoms with Gasteiger partial charge in [-0.15, -0.1) is 0 Å². The predicted molar refractivity (Wildman–Crippen MR) is 71.7 cm³/mol. The molecule has 1 aliphatic rings. The van der Waals surface area contributed by atoms with Crippen molar-refractivity contribution >= 4 is 17.6 Å². The smallest absolute Gasteiger partial charge is 0.312 e. The molecule has 0 unspecified atom stereocenters. The Morgan fingerprint density at radius 2 is 2.10 bits per heavy atom. The lowest BCUT2D eigenvalue weighted by Gasteiger charge is -2.16. The Morgan fingerprint density at radius 3 is 2.75 bits per heavy atom. The lowest BCUT2D eigenvalue weighted by atomic mass is 10.0. The van der Waals surface area contributed by atoms with Gasteiger partial charge in [0.1, 0.15) is 5.92 Å². The molecule has 0 saturated carbocycles. The van der Waals surface area contributed by atoms with Gasteiger partial charge in [-0.1, -0.05) is 18.2 Å². The first-order valence-corrected chi connectivity index (χ1v) is 6.20. The summed E-state index contributed by atoms with van der Waals surface area (Å²) in [7, 11) is 1.73. The van der Waals surface area contributed by atoms with E-state index in [2.05, 4.69) is 5.10 Å². The van der Waals surface area contributed by atoms with Gasteiger partial charge in [-0.2, -0.15) is 5.10 Å². The molecule has 1 atom stereocenters. The molecule has 3 rings (SSSR count). The summed E-state index contributed by atoms with van der Waals surface area (Å²) in [6, 6.07) is 7.11. The van der Waals surface area contributed by atoms with Crippen LogP contribution < -0.4 is 4.90 Å². The van der Waals surface area contributed by atoms with Crippen LogP contribution in [0.15, 0.2) is 36.7 Å². The van der Waals surface area contributed by atoms with Crippen molar-refractivity contribution in [1.29, 1.82) is 0 Å². The number of para-hydroxylation sites is 1. The minimum atomic E-state index is -0.918. The Bertz CT molecular complexity index is 692. The molecule has 6 heteroatoms. The molecule has 2 aromatic rings. The van der Waals surface area contributed by atoms with E-state index in [1.165, 1.54) is 11.1 Å². The molecule has 1 N–H and O–H groups in total. The molecule has 0 fully saturated rings. The average Bonchev–Trinajstić information content (AvgIpc) is 3.02. The molecule has 1 aromatic carbocycles. The number of carbonyl (C=O) groups is 2. The fourth-order valence-electron chi connectivity index (χ4n) is 2.50. The molecule has 20 heavy (non-hydrogen) atoms. The third-order valence-corrected chi connectivity index (χ3v) is 3.46. The number of fused-ring (bicyclic) bond motifs is 1. The summed E-state index contributed by atoms with van der Waals surface area (Å²) in [6.45, 7) is 0.155. The summed E-state index contributed by atoms with van der Waals surface area (Å²) < 4.78 is 1.55. The number of aryl methyl sites for hydroxylation is 1. The highest BCUT2D eigenvalue weighted by molar-refractivity contribution is 6.08. The Labute approximate surface area is 115 Å². The maximum atomic E-state index is 12.5. The second-order valence-corrected chi connectivity index (χ2v) is 4.77. The number of carbonyl (C=O) groups excluding carboxylic acids is 1. The number of hydrogen-bond donors (Lipinski definition) is 1. The number of amides is 1. The van der Waals surface area contributed by atoms with E-state index in [0.29, 0.717) is 16.8 Å². The van der Waals surface area contributed by atoms with Crippen LogP contribution in [-0.2, 0) is 11.8 Å². The standard InChI is InChI=1S/C14H13N3O3/c1-16-7-9(6-15-16)13(18)17-8-11(14(19)20)10-4-2-3-5-12(10)17/h2-7,11H,8H2,1H3,(H,19,20)/t11-/m0/s1. The first-order valence-electron chi connectivity index (χ1n) is 6.20. The molecule has 0 aliphatic carbocycles. The Hall–Kier alpha value is -2.63. The molecule has 6 nitrogen and oxygen atoms in total. The summed E-state index contributed by atoms with van der Waals surface area (Å²) in [5, 5.41) is 13.3. The van der Waals surface area contributed by atoms with Crippen molar-refractivity contribution < 1.29 is 14.7 Å². The van der Waals surface area contributed by atoms with Crippen molar-refractivity contribution in [3.63, 3.8) is 0 Å². The van der Waals surface area contributed by atoms with Crippen LogP contribution in [0.3, 0.4) is 0 Å². The largest absolute Gasteiger partial charge is 0.481 e. The summed E-state index contributed by atoms with van der Waals surface area (Å²) in [6.07, 6.45) is 3.11. The fourth-order valence-corrected chi connectivity index (χ4v) is 2.50. The normalized spacial score (nSPS) is 17.1. The second kappa shape index (κ2) is 4.48. The number of nitrogens with zero attached hydrogens (tertiary/aromatic N) is 3. The molecule has 0 radical (unpaired) electrons. The maximum Gasteiger partial charge on any atom is 0.312 e. The lowest BCUT2D eigenvalue weighted by Crippen LogP contribution is -2.31. The Kier molecular flexibility index (Phi) is 2.78. The van der Waals surface area contributed by atoms with Crippen molar-refractivity contribution in [3.8, 4) is 0 Å². The topological polar surface area (TPSA) is 75.4 Å². The molecule has 0 spiro atoms. The number of aromatic nitrogens is 2. The highest BCUT2D eigenvalue weighted by atomic mass is 16.4. The van der Waals surface area contributed by atoms with Crippen molar-refractivity contribution in [1.82, 2.24) is 9.78 Å². The summed E-state index contributed by atoms with van der Waals surface area (Å²) in [4.78, 5) is 25.3. The fraction of sp³-hybridized carbons (Fsp3) is 0.214. The van der Waals surface area contributed by atoms with Gasteiger partial charge in [0.25, 0.3) is 5.91 Å². The molecular formula is C14H13N3O3. The molecule has 1 aliphatic heterocycles. The summed E-state index contributed by atoms with van der Waals surface area (Å²) in [5.74, 6) is -1.82. The van der Waals surface area contributed by atoms with Crippen LogP contribution in [0.25, 0.3) is 0 Å². The number of aliphatic carboxylic acids is 1. The monoisotopic (exact) mass is 271 g/mol. The summed E-state index contributed by atoms with van der Waals surface area (Å²) in [5.41, 5.74) is 1.79. The first kappa shape index (κ1) is 12.4.